The molecule has 0 bridgehead atoms. The molecular formula is C19H20N2O. The van der Waals surface area contributed by atoms with Crippen LogP contribution in [0.25, 0.3) is 11.5 Å². The Balaban J connectivity index is 1.56. The molecule has 3 nitrogen and oxygen atoms in total. The fourth-order valence-corrected chi connectivity index (χ4v) is 2.41. The zero-order valence-electron chi connectivity index (χ0n) is 12.8. The fraction of sp³-hybridized carbons (Fsp3) is 0.211. The maximum absolute atomic E-state index is 5.58. The second-order valence-electron chi connectivity index (χ2n) is 5.48. The molecule has 1 aromatic heterocycles. The summed E-state index contributed by atoms with van der Waals surface area (Å²) in [5.74, 6) is 0.687. The van der Waals surface area contributed by atoms with Gasteiger partial charge in [0, 0.05) is 18.7 Å². The van der Waals surface area contributed by atoms with Crippen molar-refractivity contribution in [3.05, 3.63) is 78.2 Å². The van der Waals surface area contributed by atoms with Crippen molar-refractivity contribution in [1.29, 1.82) is 0 Å². The topological polar surface area (TPSA) is 29.3 Å². The summed E-state index contributed by atoms with van der Waals surface area (Å²) in [5.41, 5.74) is 3.34. The summed E-state index contributed by atoms with van der Waals surface area (Å²) in [6, 6.07) is 20.5. The van der Waals surface area contributed by atoms with Crippen LogP contribution < -0.4 is 0 Å². The number of likely N-dealkylation sites (N-methyl/N-ethyl adjacent to an activating group) is 1. The van der Waals surface area contributed by atoms with Crippen molar-refractivity contribution < 1.29 is 4.42 Å². The Morgan fingerprint density at radius 2 is 1.64 bits per heavy atom. The molecule has 0 aliphatic carbocycles. The normalized spacial score (nSPS) is 11.0. The number of aromatic nitrogens is 1. The third kappa shape index (κ3) is 3.83. The number of hydrogen-bond donors (Lipinski definition) is 0. The van der Waals surface area contributed by atoms with Gasteiger partial charge in [-0.05, 0) is 31.2 Å². The van der Waals surface area contributed by atoms with E-state index in [2.05, 4.69) is 41.2 Å². The molecule has 0 unspecified atom stereocenters. The van der Waals surface area contributed by atoms with Crippen LogP contribution in [0.1, 0.15) is 11.3 Å². The van der Waals surface area contributed by atoms with Crippen molar-refractivity contribution in [3.8, 4) is 11.5 Å². The van der Waals surface area contributed by atoms with Crippen LogP contribution in [-0.4, -0.2) is 23.5 Å². The molecule has 3 heteroatoms. The van der Waals surface area contributed by atoms with E-state index in [1.54, 1.807) is 6.26 Å². The van der Waals surface area contributed by atoms with E-state index in [0.29, 0.717) is 5.89 Å². The van der Waals surface area contributed by atoms with Crippen LogP contribution in [0.2, 0.25) is 0 Å². The first kappa shape index (κ1) is 14.5. The number of hydrogen-bond acceptors (Lipinski definition) is 3. The van der Waals surface area contributed by atoms with Crippen molar-refractivity contribution in [2.75, 3.05) is 13.6 Å². The number of nitrogens with zero attached hydrogens (tertiary/aromatic N) is 2. The SMILES string of the molecule is CN(CCc1ccccc1)Cc1coc(-c2ccccc2)n1. The molecule has 0 spiro atoms. The van der Waals surface area contributed by atoms with Crippen molar-refractivity contribution in [2.45, 2.75) is 13.0 Å². The summed E-state index contributed by atoms with van der Waals surface area (Å²) in [6.07, 6.45) is 2.79. The number of rotatable bonds is 6. The van der Waals surface area contributed by atoms with E-state index in [1.165, 1.54) is 5.56 Å². The fourth-order valence-electron chi connectivity index (χ4n) is 2.41. The summed E-state index contributed by atoms with van der Waals surface area (Å²) in [4.78, 5) is 6.83. The highest BCUT2D eigenvalue weighted by molar-refractivity contribution is 5.52. The molecule has 1 heterocycles. The van der Waals surface area contributed by atoms with Crippen LogP contribution in [0.3, 0.4) is 0 Å². The van der Waals surface area contributed by atoms with Gasteiger partial charge in [0.25, 0.3) is 0 Å². The Morgan fingerprint density at radius 3 is 2.36 bits per heavy atom. The second-order valence-corrected chi connectivity index (χ2v) is 5.48. The van der Waals surface area contributed by atoms with Gasteiger partial charge < -0.3 is 9.32 Å². The maximum Gasteiger partial charge on any atom is 0.226 e. The van der Waals surface area contributed by atoms with Gasteiger partial charge in [-0.15, -0.1) is 0 Å². The monoisotopic (exact) mass is 292 g/mol. The highest BCUT2D eigenvalue weighted by Crippen LogP contribution is 2.18. The van der Waals surface area contributed by atoms with Gasteiger partial charge in [-0.1, -0.05) is 48.5 Å². The molecular weight excluding hydrogens is 272 g/mol. The van der Waals surface area contributed by atoms with E-state index in [9.17, 15) is 0 Å². The molecule has 0 amide bonds. The van der Waals surface area contributed by atoms with Crippen LogP contribution >= 0.6 is 0 Å². The van der Waals surface area contributed by atoms with Gasteiger partial charge in [-0.2, -0.15) is 0 Å². The van der Waals surface area contributed by atoms with Crippen LogP contribution in [0.5, 0.6) is 0 Å². The van der Waals surface area contributed by atoms with Crippen molar-refractivity contribution >= 4 is 0 Å². The average Bonchev–Trinajstić information content (AvgIpc) is 3.03. The van der Waals surface area contributed by atoms with Crippen molar-refractivity contribution in [2.24, 2.45) is 0 Å². The Kier molecular flexibility index (Phi) is 4.66. The van der Waals surface area contributed by atoms with Gasteiger partial charge in [-0.3, -0.25) is 0 Å². The largest absolute Gasteiger partial charge is 0.444 e. The minimum Gasteiger partial charge on any atom is -0.444 e. The quantitative estimate of drug-likeness (QED) is 0.687. The van der Waals surface area contributed by atoms with Gasteiger partial charge in [0.1, 0.15) is 6.26 Å². The molecule has 3 aromatic rings. The first-order chi connectivity index (χ1) is 10.8. The molecule has 3 rings (SSSR count). The second kappa shape index (κ2) is 7.05. The predicted octanol–water partition coefficient (Wildman–Crippen LogP) is 4.02. The number of oxazole rings is 1. The molecule has 0 radical (unpaired) electrons. The minimum atomic E-state index is 0.687. The predicted molar refractivity (Wildman–Crippen MR) is 88.4 cm³/mol. The maximum atomic E-state index is 5.58. The van der Waals surface area contributed by atoms with Gasteiger partial charge in [0.2, 0.25) is 5.89 Å². The summed E-state index contributed by atoms with van der Waals surface area (Å²) in [5, 5.41) is 0. The van der Waals surface area contributed by atoms with E-state index < -0.39 is 0 Å². The van der Waals surface area contributed by atoms with E-state index in [0.717, 1.165) is 30.8 Å². The Bertz CT molecular complexity index is 692. The zero-order valence-corrected chi connectivity index (χ0v) is 12.8. The van der Waals surface area contributed by atoms with E-state index in [4.69, 9.17) is 4.42 Å². The molecule has 0 saturated heterocycles. The summed E-state index contributed by atoms with van der Waals surface area (Å²) >= 11 is 0. The first-order valence-corrected chi connectivity index (χ1v) is 7.53. The molecule has 0 fully saturated rings. The minimum absolute atomic E-state index is 0.687. The molecule has 0 saturated carbocycles. The smallest absolute Gasteiger partial charge is 0.226 e. The van der Waals surface area contributed by atoms with Crippen molar-refractivity contribution in [1.82, 2.24) is 9.88 Å². The lowest BCUT2D eigenvalue weighted by atomic mass is 10.1. The molecule has 0 aliphatic heterocycles. The van der Waals surface area contributed by atoms with E-state index in [1.807, 2.05) is 36.4 Å². The van der Waals surface area contributed by atoms with Gasteiger partial charge in [0.15, 0.2) is 0 Å². The third-order valence-corrected chi connectivity index (χ3v) is 3.63. The Hall–Kier alpha value is -2.39. The standard InChI is InChI=1S/C19H20N2O/c1-21(13-12-16-8-4-2-5-9-16)14-18-15-22-19(20-18)17-10-6-3-7-11-17/h2-11,15H,12-14H2,1H3. The van der Waals surface area contributed by atoms with E-state index in [-0.39, 0.29) is 0 Å². The lowest BCUT2D eigenvalue weighted by Gasteiger charge is -2.14. The summed E-state index contributed by atoms with van der Waals surface area (Å²) < 4.78 is 5.58. The molecule has 2 aromatic carbocycles. The van der Waals surface area contributed by atoms with Crippen LogP contribution in [0.15, 0.2) is 71.3 Å². The highest BCUT2D eigenvalue weighted by Gasteiger charge is 2.08. The lowest BCUT2D eigenvalue weighted by Crippen LogP contribution is -2.20. The zero-order chi connectivity index (χ0) is 15.2. The van der Waals surface area contributed by atoms with Gasteiger partial charge in [-0.25, -0.2) is 4.98 Å². The van der Waals surface area contributed by atoms with Gasteiger partial charge >= 0.3 is 0 Å². The highest BCUT2D eigenvalue weighted by atomic mass is 16.3. The van der Waals surface area contributed by atoms with Crippen molar-refractivity contribution in [3.63, 3.8) is 0 Å². The van der Waals surface area contributed by atoms with E-state index >= 15 is 0 Å². The van der Waals surface area contributed by atoms with Crippen LogP contribution in [0, 0.1) is 0 Å². The first-order valence-electron chi connectivity index (χ1n) is 7.53. The lowest BCUT2D eigenvalue weighted by molar-refractivity contribution is 0.327. The van der Waals surface area contributed by atoms with Gasteiger partial charge in [0.05, 0.1) is 5.69 Å². The third-order valence-electron chi connectivity index (χ3n) is 3.63. The molecule has 0 aliphatic rings. The molecule has 0 N–H and O–H groups in total. The Labute approximate surface area is 131 Å². The molecule has 0 atom stereocenters. The average molecular weight is 292 g/mol. The number of benzene rings is 2. The summed E-state index contributed by atoms with van der Waals surface area (Å²) in [6.45, 7) is 1.79. The molecule has 22 heavy (non-hydrogen) atoms. The Morgan fingerprint density at radius 1 is 0.955 bits per heavy atom. The molecule has 112 valence electrons. The van der Waals surface area contributed by atoms with Crippen LogP contribution in [0.4, 0.5) is 0 Å². The van der Waals surface area contributed by atoms with Crippen LogP contribution in [-0.2, 0) is 13.0 Å². The summed E-state index contributed by atoms with van der Waals surface area (Å²) in [7, 11) is 2.11.